The molecule has 1 saturated heterocycles. The Hall–Kier alpha value is -3.36. The number of anilines is 1. The van der Waals surface area contributed by atoms with Crippen molar-refractivity contribution in [3.8, 4) is 5.75 Å². The normalized spacial score (nSPS) is 14.8. The largest absolute Gasteiger partial charge is 0.488 e. The number of amides is 2. The van der Waals surface area contributed by atoms with Crippen LogP contribution in [-0.2, 0) is 11.4 Å². The monoisotopic (exact) mass is 509 g/mol. The van der Waals surface area contributed by atoms with Gasteiger partial charge in [-0.3, -0.25) is 9.59 Å². The van der Waals surface area contributed by atoms with Gasteiger partial charge in [0.2, 0.25) is 0 Å². The van der Waals surface area contributed by atoms with Crippen LogP contribution in [0.1, 0.15) is 21.5 Å². The quantitative estimate of drug-likeness (QED) is 0.412. The zero-order chi connectivity index (χ0) is 22.7. The van der Waals surface area contributed by atoms with Gasteiger partial charge < -0.3 is 9.84 Å². The fraction of sp³-hybridized carbons (Fsp3) is 0.0417. The number of rotatable bonds is 6. The Labute approximate surface area is 196 Å². The van der Waals surface area contributed by atoms with E-state index in [4.69, 9.17) is 9.84 Å². The predicted octanol–water partition coefficient (Wildman–Crippen LogP) is 5.97. The van der Waals surface area contributed by atoms with E-state index in [1.54, 1.807) is 60.7 Å². The third-order valence-electron chi connectivity index (χ3n) is 4.66. The van der Waals surface area contributed by atoms with Crippen molar-refractivity contribution in [1.29, 1.82) is 0 Å². The number of aromatic carboxylic acids is 1. The molecular weight excluding hydrogens is 494 g/mol. The minimum Gasteiger partial charge on any atom is -0.488 e. The Kier molecular flexibility index (Phi) is 6.43. The van der Waals surface area contributed by atoms with Gasteiger partial charge in [-0.2, -0.15) is 0 Å². The minimum atomic E-state index is -0.975. The number of para-hydroxylation sites is 1. The lowest BCUT2D eigenvalue weighted by molar-refractivity contribution is -0.113. The topological polar surface area (TPSA) is 83.9 Å². The van der Waals surface area contributed by atoms with E-state index in [2.05, 4.69) is 15.9 Å². The second kappa shape index (κ2) is 9.42. The molecule has 4 rings (SSSR count). The number of hydrogen-bond acceptors (Lipinski definition) is 5. The van der Waals surface area contributed by atoms with Crippen LogP contribution < -0.4 is 9.64 Å². The highest BCUT2D eigenvalue weighted by atomic mass is 79.9. The Morgan fingerprint density at radius 3 is 2.41 bits per heavy atom. The summed E-state index contributed by atoms with van der Waals surface area (Å²) in [6, 6.07) is 20.6. The second-order valence-electron chi connectivity index (χ2n) is 6.83. The van der Waals surface area contributed by atoms with Gasteiger partial charge in [-0.05, 0) is 81.3 Å². The van der Waals surface area contributed by atoms with Crippen molar-refractivity contribution in [3.63, 3.8) is 0 Å². The number of carboxylic acids is 1. The second-order valence-corrected chi connectivity index (χ2v) is 8.68. The molecule has 0 saturated carbocycles. The summed E-state index contributed by atoms with van der Waals surface area (Å²) in [5, 5.41) is 8.63. The summed E-state index contributed by atoms with van der Waals surface area (Å²) >= 11 is 4.38. The van der Waals surface area contributed by atoms with Crippen molar-refractivity contribution < 1.29 is 24.2 Å². The zero-order valence-corrected chi connectivity index (χ0v) is 18.9. The van der Waals surface area contributed by atoms with Gasteiger partial charge in [0.25, 0.3) is 11.1 Å². The average Bonchev–Trinajstić information content (AvgIpc) is 3.06. The molecule has 0 radical (unpaired) electrons. The number of carbonyl (C=O) groups is 3. The number of carbonyl (C=O) groups excluding carboxylic acids is 2. The van der Waals surface area contributed by atoms with Crippen LogP contribution >= 0.6 is 27.7 Å². The van der Waals surface area contributed by atoms with Crippen molar-refractivity contribution in [2.24, 2.45) is 0 Å². The predicted molar refractivity (Wildman–Crippen MR) is 127 cm³/mol. The van der Waals surface area contributed by atoms with Crippen molar-refractivity contribution in [3.05, 3.63) is 98.9 Å². The van der Waals surface area contributed by atoms with Gasteiger partial charge in [0.15, 0.2) is 0 Å². The first kappa shape index (κ1) is 21.9. The van der Waals surface area contributed by atoms with Gasteiger partial charge in [-0.25, -0.2) is 9.69 Å². The molecule has 160 valence electrons. The van der Waals surface area contributed by atoms with Crippen LogP contribution in [0.5, 0.6) is 5.75 Å². The molecule has 1 aliphatic rings. The zero-order valence-electron chi connectivity index (χ0n) is 16.5. The van der Waals surface area contributed by atoms with E-state index in [1.165, 1.54) is 17.0 Å². The number of thioether (sulfide) groups is 1. The summed E-state index contributed by atoms with van der Waals surface area (Å²) in [4.78, 5) is 37.5. The van der Waals surface area contributed by atoms with Crippen LogP contribution in [-0.4, -0.2) is 22.2 Å². The maximum Gasteiger partial charge on any atom is 0.335 e. The molecule has 0 atom stereocenters. The van der Waals surface area contributed by atoms with Crippen molar-refractivity contribution in [1.82, 2.24) is 0 Å². The highest BCUT2D eigenvalue weighted by molar-refractivity contribution is 9.10. The van der Waals surface area contributed by atoms with E-state index in [9.17, 15) is 14.4 Å². The highest BCUT2D eigenvalue weighted by Crippen LogP contribution is 2.36. The third kappa shape index (κ3) is 4.76. The van der Waals surface area contributed by atoms with Crippen molar-refractivity contribution in [2.75, 3.05) is 4.90 Å². The average molecular weight is 510 g/mol. The Bertz CT molecular complexity index is 1220. The SMILES string of the molecule is O=C(O)c1ccc(COc2ccc(/C=C3\SC(=O)N(c4ccccc4)C3=O)cc2Br)cc1. The number of nitrogens with zero attached hydrogens (tertiary/aromatic N) is 1. The maximum atomic E-state index is 12.7. The number of imide groups is 1. The molecular formula is C24H16BrNO5S. The van der Waals surface area contributed by atoms with Gasteiger partial charge >= 0.3 is 5.97 Å². The van der Waals surface area contributed by atoms with E-state index in [1.807, 2.05) is 6.07 Å². The molecule has 32 heavy (non-hydrogen) atoms. The molecule has 0 aromatic heterocycles. The van der Waals surface area contributed by atoms with Crippen LogP contribution in [0.3, 0.4) is 0 Å². The molecule has 0 unspecified atom stereocenters. The van der Waals surface area contributed by atoms with Crippen LogP contribution in [0.4, 0.5) is 10.5 Å². The van der Waals surface area contributed by atoms with Gasteiger partial charge in [-0.15, -0.1) is 0 Å². The van der Waals surface area contributed by atoms with Crippen molar-refractivity contribution in [2.45, 2.75) is 6.61 Å². The number of carboxylic acid groups (broad SMARTS) is 1. The number of hydrogen-bond donors (Lipinski definition) is 1. The van der Waals surface area contributed by atoms with Crippen molar-refractivity contribution >= 4 is 56.6 Å². The number of benzene rings is 3. The van der Waals surface area contributed by atoms with Gasteiger partial charge in [0.05, 0.1) is 20.6 Å². The molecule has 6 nitrogen and oxygen atoms in total. The molecule has 1 N–H and O–H groups in total. The van der Waals surface area contributed by atoms with Crippen LogP contribution in [0.25, 0.3) is 6.08 Å². The van der Waals surface area contributed by atoms with E-state index < -0.39 is 5.97 Å². The van der Waals surface area contributed by atoms with E-state index >= 15 is 0 Å². The molecule has 0 aliphatic carbocycles. The van der Waals surface area contributed by atoms with Gasteiger partial charge in [0, 0.05) is 0 Å². The Morgan fingerprint density at radius 2 is 1.75 bits per heavy atom. The molecule has 3 aromatic rings. The minimum absolute atomic E-state index is 0.218. The highest BCUT2D eigenvalue weighted by Gasteiger charge is 2.36. The molecule has 1 fully saturated rings. The first-order valence-electron chi connectivity index (χ1n) is 9.50. The Morgan fingerprint density at radius 1 is 1.03 bits per heavy atom. The number of ether oxygens (including phenoxy) is 1. The summed E-state index contributed by atoms with van der Waals surface area (Å²) in [6.45, 7) is 0.272. The fourth-order valence-electron chi connectivity index (χ4n) is 3.05. The fourth-order valence-corrected chi connectivity index (χ4v) is 4.40. The first-order chi connectivity index (χ1) is 15.4. The summed E-state index contributed by atoms with van der Waals surface area (Å²) in [6.07, 6.45) is 1.67. The summed E-state index contributed by atoms with van der Waals surface area (Å²) < 4.78 is 6.50. The number of halogens is 1. The molecule has 1 aliphatic heterocycles. The molecule has 8 heteroatoms. The third-order valence-corrected chi connectivity index (χ3v) is 6.15. The lowest BCUT2D eigenvalue weighted by atomic mass is 10.1. The molecule has 2 amide bonds. The van der Waals surface area contributed by atoms with E-state index in [-0.39, 0.29) is 23.3 Å². The smallest absolute Gasteiger partial charge is 0.335 e. The summed E-state index contributed by atoms with van der Waals surface area (Å²) in [7, 11) is 0. The summed E-state index contributed by atoms with van der Waals surface area (Å²) in [5.41, 5.74) is 2.34. The molecule has 3 aromatic carbocycles. The van der Waals surface area contributed by atoms with E-state index in [0.29, 0.717) is 20.8 Å². The summed E-state index contributed by atoms with van der Waals surface area (Å²) in [5.74, 6) is -0.730. The van der Waals surface area contributed by atoms with Gasteiger partial charge in [0.1, 0.15) is 12.4 Å². The molecule has 0 spiro atoms. The Balaban J connectivity index is 1.46. The van der Waals surface area contributed by atoms with Crippen LogP contribution in [0.15, 0.2) is 82.2 Å². The van der Waals surface area contributed by atoms with E-state index in [0.717, 1.165) is 22.9 Å². The lowest BCUT2D eigenvalue weighted by Crippen LogP contribution is -2.27. The standard InChI is InChI=1S/C24H16BrNO5S/c25-19-12-16(8-11-20(19)31-14-15-6-9-17(10-7-15)23(28)29)13-21-22(27)26(24(30)32-21)18-4-2-1-3-5-18/h1-13H,14H2,(H,28,29)/b21-13-. The van der Waals surface area contributed by atoms with Crippen LogP contribution in [0, 0.1) is 0 Å². The maximum absolute atomic E-state index is 12.7. The van der Waals surface area contributed by atoms with Crippen LogP contribution in [0.2, 0.25) is 0 Å². The van der Waals surface area contributed by atoms with Gasteiger partial charge in [-0.1, -0.05) is 36.4 Å². The first-order valence-corrected chi connectivity index (χ1v) is 11.1. The molecule has 0 bridgehead atoms. The lowest BCUT2D eigenvalue weighted by Gasteiger charge is -2.11. The molecule has 1 heterocycles.